The first-order chi connectivity index (χ1) is 7.86. The zero-order chi connectivity index (χ0) is 13.6. The molecule has 0 aromatic rings. The SMILES string of the molecule is C=C/C=C(\C)B(O)N(C)C(=O)/C(C)=C(\Cl)C=C. The Kier molecular flexibility index (Phi) is 6.62. The van der Waals surface area contributed by atoms with Gasteiger partial charge in [-0.3, -0.25) is 4.79 Å². The topological polar surface area (TPSA) is 40.5 Å². The average Bonchev–Trinajstić information content (AvgIpc) is 2.34. The van der Waals surface area contributed by atoms with Crippen LogP contribution in [0, 0.1) is 0 Å². The van der Waals surface area contributed by atoms with Crippen LogP contribution in [0.4, 0.5) is 0 Å². The fraction of sp³-hybridized carbons (Fsp3) is 0.250. The highest BCUT2D eigenvalue weighted by Gasteiger charge is 2.26. The number of carbonyl (C=O) groups is 1. The third-order valence-corrected chi connectivity index (χ3v) is 2.77. The Morgan fingerprint density at radius 3 is 2.35 bits per heavy atom. The molecular formula is C12H17BClNO2. The molecule has 0 fully saturated rings. The Hall–Kier alpha value is -1.26. The lowest BCUT2D eigenvalue weighted by Crippen LogP contribution is -2.42. The van der Waals surface area contributed by atoms with E-state index < -0.39 is 7.05 Å². The van der Waals surface area contributed by atoms with Gasteiger partial charge in [-0.05, 0) is 20.9 Å². The second kappa shape index (κ2) is 7.15. The van der Waals surface area contributed by atoms with Crippen molar-refractivity contribution in [2.24, 2.45) is 0 Å². The van der Waals surface area contributed by atoms with Crippen LogP contribution in [0.5, 0.6) is 0 Å². The van der Waals surface area contributed by atoms with E-state index in [1.165, 1.54) is 17.9 Å². The molecule has 0 spiro atoms. The molecule has 1 amide bonds. The summed E-state index contributed by atoms with van der Waals surface area (Å²) in [5.41, 5.74) is 0.966. The van der Waals surface area contributed by atoms with Crippen molar-refractivity contribution in [3.05, 3.63) is 47.5 Å². The van der Waals surface area contributed by atoms with E-state index in [2.05, 4.69) is 13.2 Å². The lowest BCUT2D eigenvalue weighted by atomic mass is 9.71. The number of allylic oxidation sites excluding steroid dienone is 5. The number of hydrogen-bond donors (Lipinski definition) is 1. The Labute approximate surface area is 108 Å². The fourth-order valence-electron chi connectivity index (χ4n) is 1.21. The van der Waals surface area contributed by atoms with Gasteiger partial charge in [-0.1, -0.05) is 48.5 Å². The Morgan fingerprint density at radius 2 is 1.94 bits per heavy atom. The number of halogens is 1. The normalized spacial score (nSPS) is 12.6. The lowest BCUT2D eigenvalue weighted by Gasteiger charge is -2.21. The molecule has 0 bridgehead atoms. The molecule has 0 radical (unpaired) electrons. The van der Waals surface area contributed by atoms with Crippen molar-refractivity contribution in [3.63, 3.8) is 0 Å². The molecule has 0 atom stereocenters. The van der Waals surface area contributed by atoms with Crippen molar-refractivity contribution in [1.29, 1.82) is 0 Å². The highest BCUT2D eigenvalue weighted by atomic mass is 35.5. The largest absolute Gasteiger partial charge is 0.447 e. The van der Waals surface area contributed by atoms with Crippen molar-refractivity contribution < 1.29 is 9.82 Å². The Morgan fingerprint density at radius 1 is 1.41 bits per heavy atom. The van der Waals surface area contributed by atoms with Gasteiger partial charge in [0.15, 0.2) is 0 Å². The van der Waals surface area contributed by atoms with Crippen molar-refractivity contribution in [2.45, 2.75) is 13.8 Å². The van der Waals surface area contributed by atoms with Gasteiger partial charge in [0.1, 0.15) is 0 Å². The summed E-state index contributed by atoms with van der Waals surface area (Å²) in [5, 5.41) is 10.2. The molecule has 0 heterocycles. The van der Waals surface area contributed by atoms with Gasteiger partial charge in [0.2, 0.25) is 5.91 Å². The monoisotopic (exact) mass is 253 g/mol. The first-order valence-electron chi connectivity index (χ1n) is 5.10. The van der Waals surface area contributed by atoms with Gasteiger partial charge in [0, 0.05) is 10.6 Å². The second-order valence-corrected chi connectivity index (χ2v) is 4.02. The van der Waals surface area contributed by atoms with E-state index in [1.54, 1.807) is 26.0 Å². The standard InChI is InChI=1S/C12H17BClNO2/c1-6-8-9(3)13(17)15(5)12(16)10(4)11(14)7-2/h6-8,17H,1-2H2,3-5H3/b9-8+,11-10-. The number of rotatable bonds is 5. The third-order valence-electron chi connectivity index (χ3n) is 2.33. The molecule has 17 heavy (non-hydrogen) atoms. The molecule has 0 aliphatic carbocycles. The molecule has 3 nitrogen and oxygen atoms in total. The van der Waals surface area contributed by atoms with Gasteiger partial charge in [0.05, 0.1) is 0 Å². The summed E-state index contributed by atoms with van der Waals surface area (Å²) < 4.78 is 0. The Balaban J connectivity index is 5.01. The smallest absolute Gasteiger partial charge is 0.429 e. The number of amides is 1. The van der Waals surface area contributed by atoms with E-state index in [0.717, 1.165) is 0 Å². The maximum absolute atomic E-state index is 11.9. The third kappa shape index (κ3) is 4.25. The molecular weight excluding hydrogens is 236 g/mol. The first-order valence-corrected chi connectivity index (χ1v) is 5.47. The van der Waals surface area contributed by atoms with E-state index in [0.29, 0.717) is 11.0 Å². The van der Waals surface area contributed by atoms with Gasteiger partial charge in [-0.25, -0.2) is 0 Å². The van der Waals surface area contributed by atoms with E-state index in [4.69, 9.17) is 11.6 Å². The number of hydrogen-bond acceptors (Lipinski definition) is 2. The van der Waals surface area contributed by atoms with Gasteiger partial charge in [-0.15, -0.1) is 0 Å². The molecule has 0 aliphatic rings. The summed E-state index contributed by atoms with van der Waals surface area (Å²) in [5.74, 6) is -0.348. The van der Waals surface area contributed by atoms with Crippen LogP contribution in [0.15, 0.2) is 47.5 Å². The van der Waals surface area contributed by atoms with E-state index >= 15 is 0 Å². The van der Waals surface area contributed by atoms with Crippen LogP contribution in [0.25, 0.3) is 0 Å². The summed E-state index contributed by atoms with van der Waals surface area (Å²) in [7, 11) is 0.509. The Bertz CT molecular complexity index is 388. The summed E-state index contributed by atoms with van der Waals surface area (Å²) in [4.78, 5) is 13.1. The minimum Gasteiger partial charge on any atom is -0.429 e. The molecule has 1 N–H and O–H groups in total. The summed E-state index contributed by atoms with van der Waals surface area (Å²) in [6, 6.07) is 0. The highest BCUT2D eigenvalue weighted by molar-refractivity contribution is 6.59. The minimum absolute atomic E-state index is 0.277. The first kappa shape index (κ1) is 15.7. The molecule has 0 unspecified atom stereocenters. The van der Waals surface area contributed by atoms with Crippen molar-refractivity contribution in [2.75, 3.05) is 7.05 Å². The van der Waals surface area contributed by atoms with Crippen LogP contribution in [0.2, 0.25) is 0 Å². The fourth-order valence-corrected chi connectivity index (χ4v) is 1.29. The molecule has 0 saturated heterocycles. The predicted octanol–water partition coefficient (Wildman–Crippen LogP) is 2.30. The molecule has 0 aromatic heterocycles. The number of nitrogens with zero attached hydrogens (tertiary/aromatic N) is 1. The quantitative estimate of drug-likeness (QED) is 0.464. The molecule has 5 heteroatoms. The van der Waals surface area contributed by atoms with Gasteiger partial charge in [-0.2, -0.15) is 0 Å². The highest BCUT2D eigenvalue weighted by Crippen LogP contribution is 2.14. The summed E-state index contributed by atoms with van der Waals surface area (Å²) in [6.07, 6.45) is 4.58. The molecule has 0 rings (SSSR count). The van der Waals surface area contributed by atoms with E-state index in [1.807, 2.05) is 0 Å². The van der Waals surface area contributed by atoms with E-state index in [-0.39, 0.29) is 10.9 Å². The van der Waals surface area contributed by atoms with Crippen LogP contribution in [0.1, 0.15) is 13.8 Å². The van der Waals surface area contributed by atoms with Crippen LogP contribution in [-0.4, -0.2) is 29.8 Å². The molecule has 92 valence electrons. The summed E-state index contributed by atoms with van der Waals surface area (Å²) >= 11 is 5.80. The molecule has 0 aliphatic heterocycles. The van der Waals surface area contributed by atoms with Crippen molar-refractivity contribution in [3.8, 4) is 0 Å². The number of likely N-dealkylation sites (N-methyl/N-ethyl adjacent to an activating group) is 1. The van der Waals surface area contributed by atoms with Gasteiger partial charge >= 0.3 is 7.05 Å². The van der Waals surface area contributed by atoms with Crippen molar-refractivity contribution in [1.82, 2.24) is 4.81 Å². The molecule has 0 aromatic carbocycles. The van der Waals surface area contributed by atoms with Crippen LogP contribution in [0.3, 0.4) is 0 Å². The van der Waals surface area contributed by atoms with E-state index in [9.17, 15) is 9.82 Å². The summed E-state index contributed by atoms with van der Waals surface area (Å²) in [6.45, 7) is 10.3. The zero-order valence-corrected chi connectivity index (χ0v) is 11.2. The van der Waals surface area contributed by atoms with Gasteiger partial charge in [0.25, 0.3) is 0 Å². The minimum atomic E-state index is -0.996. The second-order valence-electron chi connectivity index (χ2n) is 3.61. The predicted molar refractivity (Wildman–Crippen MR) is 73.4 cm³/mol. The maximum atomic E-state index is 11.9. The van der Waals surface area contributed by atoms with Crippen LogP contribution in [-0.2, 0) is 4.79 Å². The molecule has 0 saturated carbocycles. The number of carbonyl (C=O) groups excluding carboxylic acids is 1. The van der Waals surface area contributed by atoms with Crippen LogP contribution >= 0.6 is 11.6 Å². The van der Waals surface area contributed by atoms with Crippen LogP contribution < -0.4 is 0 Å². The van der Waals surface area contributed by atoms with Gasteiger partial charge < -0.3 is 9.83 Å². The average molecular weight is 254 g/mol. The maximum Gasteiger partial charge on any atom is 0.447 e. The van der Waals surface area contributed by atoms with Crippen molar-refractivity contribution >= 4 is 24.6 Å². The lowest BCUT2D eigenvalue weighted by molar-refractivity contribution is -0.122. The zero-order valence-electron chi connectivity index (χ0n) is 10.4.